The summed E-state index contributed by atoms with van der Waals surface area (Å²) < 4.78 is 18.7. The fourth-order valence-electron chi connectivity index (χ4n) is 3.18. The number of hydrogen-bond acceptors (Lipinski definition) is 1. The van der Waals surface area contributed by atoms with E-state index in [4.69, 9.17) is 4.74 Å². The van der Waals surface area contributed by atoms with Crippen LogP contribution in [-0.2, 0) is 5.41 Å². The van der Waals surface area contributed by atoms with Gasteiger partial charge in [0.1, 0.15) is 5.75 Å². The highest BCUT2D eigenvalue weighted by atomic mass is 19.1. The molecule has 0 spiro atoms. The van der Waals surface area contributed by atoms with Gasteiger partial charge in [-0.3, -0.25) is 4.39 Å². The van der Waals surface area contributed by atoms with Gasteiger partial charge in [0.05, 0.1) is 13.3 Å². The largest absolute Gasteiger partial charge is 0.494 e. The van der Waals surface area contributed by atoms with Crippen molar-refractivity contribution in [3.05, 3.63) is 29.8 Å². The molecule has 2 fully saturated rings. The molecule has 3 rings (SSSR count). The number of rotatable bonds is 5. The van der Waals surface area contributed by atoms with Gasteiger partial charge < -0.3 is 4.74 Å². The molecule has 92 valence electrons. The molecule has 0 heterocycles. The molecule has 1 aromatic carbocycles. The number of hydrogen-bond donors (Lipinski definition) is 0. The molecule has 0 bridgehead atoms. The summed E-state index contributed by atoms with van der Waals surface area (Å²) in [5, 5.41) is 0. The van der Waals surface area contributed by atoms with E-state index < -0.39 is 0 Å². The Hall–Kier alpha value is -1.05. The Morgan fingerprint density at radius 1 is 1.12 bits per heavy atom. The maximum atomic E-state index is 13.2. The van der Waals surface area contributed by atoms with Crippen molar-refractivity contribution in [2.45, 2.75) is 38.0 Å². The summed E-state index contributed by atoms with van der Waals surface area (Å²) in [5.41, 5.74) is 1.46. The first-order chi connectivity index (χ1) is 8.26. The fourth-order valence-corrected chi connectivity index (χ4v) is 3.18. The van der Waals surface area contributed by atoms with Crippen molar-refractivity contribution in [2.24, 2.45) is 5.41 Å². The van der Waals surface area contributed by atoms with Crippen molar-refractivity contribution in [1.82, 2.24) is 0 Å². The lowest BCUT2D eigenvalue weighted by atomic mass is 9.80. The van der Waals surface area contributed by atoms with Crippen molar-refractivity contribution in [3.63, 3.8) is 0 Å². The van der Waals surface area contributed by atoms with Gasteiger partial charge in [0.25, 0.3) is 0 Å². The van der Waals surface area contributed by atoms with Gasteiger partial charge >= 0.3 is 0 Å². The van der Waals surface area contributed by atoms with Gasteiger partial charge in [0.2, 0.25) is 0 Å². The van der Waals surface area contributed by atoms with Crippen LogP contribution in [0.25, 0.3) is 0 Å². The molecule has 0 aliphatic heterocycles. The number of ether oxygens (including phenoxy) is 1. The Morgan fingerprint density at radius 3 is 2.18 bits per heavy atom. The average Bonchev–Trinajstić information content (AvgIpc) is 3.24. The molecule has 2 heteroatoms. The van der Waals surface area contributed by atoms with Gasteiger partial charge in [-0.2, -0.15) is 0 Å². The SMILES string of the molecule is CCOc1ccc(C2(C3(CF)CC3)CC2)cc1. The number of halogens is 1. The maximum Gasteiger partial charge on any atom is 0.119 e. The third-order valence-corrected chi connectivity index (χ3v) is 4.59. The quantitative estimate of drug-likeness (QED) is 0.751. The van der Waals surface area contributed by atoms with E-state index in [1.807, 2.05) is 19.1 Å². The van der Waals surface area contributed by atoms with E-state index >= 15 is 0 Å². The normalized spacial score (nSPS) is 23.2. The first kappa shape index (κ1) is 11.1. The van der Waals surface area contributed by atoms with Crippen LogP contribution < -0.4 is 4.74 Å². The van der Waals surface area contributed by atoms with Gasteiger partial charge in [0, 0.05) is 10.8 Å². The molecule has 17 heavy (non-hydrogen) atoms. The van der Waals surface area contributed by atoms with Crippen LogP contribution in [0, 0.1) is 5.41 Å². The second kappa shape index (κ2) is 3.72. The third kappa shape index (κ3) is 1.57. The number of benzene rings is 1. The van der Waals surface area contributed by atoms with E-state index in [9.17, 15) is 4.39 Å². The zero-order chi connectivity index (χ0) is 11.9. The molecule has 2 aliphatic rings. The molecule has 0 radical (unpaired) electrons. The van der Waals surface area contributed by atoms with Gasteiger partial charge in [-0.25, -0.2) is 0 Å². The van der Waals surface area contributed by atoms with E-state index in [0.29, 0.717) is 6.61 Å². The van der Waals surface area contributed by atoms with Crippen LogP contribution in [0.5, 0.6) is 5.75 Å². The van der Waals surface area contributed by atoms with E-state index in [1.54, 1.807) is 0 Å². The molecular weight excluding hydrogens is 215 g/mol. The smallest absolute Gasteiger partial charge is 0.119 e. The standard InChI is InChI=1S/C15H19FO/c1-2-17-13-5-3-12(4-6-13)15(9-10-15)14(11-16)7-8-14/h3-6H,2,7-11H2,1H3. The summed E-state index contributed by atoms with van der Waals surface area (Å²) >= 11 is 0. The van der Waals surface area contributed by atoms with Crippen LogP contribution in [0.15, 0.2) is 24.3 Å². The molecule has 0 saturated heterocycles. The Balaban J connectivity index is 1.85. The van der Waals surface area contributed by atoms with Crippen LogP contribution in [-0.4, -0.2) is 13.3 Å². The van der Waals surface area contributed by atoms with Crippen LogP contribution in [0.1, 0.15) is 38.2 Å². The molecular formula is C15H19FO. The average molecular weight is 234 g/mol. The minimum Gasteiger partial charge on any atom is -0.494 e. The Kier molecular flexibility index (Phi) is 2.42. The number of alkyl halides is 1. The maximum absolute atomic E-state index is 13.2. The van der Waals surface area contributed by atoms with Gasteiger partial charge in [-0.1, -0.05) is 12.1 Å². The lowest BCUT2D eigenvalue weighted by Crippen LogP contribution is -2.23. The summed E-state index contributed by atoms with van der Waals surface area (Å²) in [6.07, 6.45) is 4.45. The Morgan fingerprint density at radius 2 is 1.76 bits per heavy atom. The van der Waals surface area contributed by atoms with Crippen LogP contribution in [0.2, 0.25) is 0 Å². The van der Waals surface area contributed by atoms with E-state index in [-0.39, 0.29) is 17.5 Å². The molecule has 0 amide bonds. The predicted octanol–water partition coefficient (Wildman–Crippen LogP) is 3.87. The van der Waals surface area contributed by atoms with Crippen LogP contribution >= 0.6 is 0 Å². The fraction of sp³-hybridized carbons (Fsp3) is 0.600. The summed E-state index contributed by atoms with van der Waals surface area (Å²) in [7, 11) is 0. The first-order valence-electron chi connectivity index (χ1n) is 6.56. The van der Waals surface area contributed by atoms with Crippen LogP contribution in [0.3, 0.4) is 0 Å². The lowest BCUT2D eigenvalue weighted by Gasteiger charge is -2.24. The highest BCUT2D eigenvalue weighted by molar-refractivity contribution is 5.40. The lowest BCUT2D eigenvalue weighted by molar-refractivity contribution is 0.275. The molecule has 2 aliphatic carbocycles. The molecule has 2 saturated carbocycles. The van der Waals surface area contributed by atoms with Crippen molar-refractivity contribution in [1.29, 1.82) is 0 Å². The Labute approximate surface area is 102 Å². The second-order valence-electron chi connectivity index (χ2n) is 5.45. The van der Waals surface area contributed by atoms with Crippen molar-refractivity contribution in [3.8, 4) is 5.75 Å². The van der Waals surface area contributed by atoms with E-state index in [1.165, 1.54) is 5.56 Å². The summed E-state index contributed by atoms with van der Waals surface area (Å²) in [6.45, 7) is 2.53. The van der Waals surface area contributed by atoms with Gasteiger partial charge in [-0.15, -0.1) is 0 Å². The van der Waals surface area contributed by atoms with Crippen molar-refractivity contribution < 1.29 is 9.13 Å². The molecule has 1 nitrogen and oxygen atoms in total. The zero-order valence-electron chi connectivity index (χ0n) is 10.3. The minimum absolute atomic E-state index is 0.0138. The van der Waals surface area contributed by atoms with E-state index in [0.717, 1.165) is 31.4 Å². The Bertz CT molecular complexity index is 401. The van der Waals surface area contributed by atoms with Crippen molar-refractivity contribution >= 4 is 0 Å². The van der Waals surface area contributed by atoms with Crippen LogP contribution in [0.4, 0.5) is 4.39 Å². The van der Waals surface area contributed by atoms with E-state index in [2.05, 4.69) is 12.1 Å². The zero-order valence-corrected chi connectivity index (χ0v) is 10.3. The van der Waals surface area contributed by atoms with Gasteiger partial charge in [0.15, 0.2) is 0 Å². The first-order valence-corrected chi connectivity index (χ1v) is 6.56. The molecule has 0 atom stereocenters. The molecule has 0 N–H and O–H groups in total. The highest BCUT2D eigenvalue weighted by Gasteiger charge is 2.65. The summed E-state index contributed by atoms with van der Waals surface area (Å²) in [5.74, 6) is 0.914. The minimum atomic E-state index is -0.153. The molecule has 0 unspecified atom stereocenters. The monoisotopic (exact) mass is 234 g/mol. The third-order valence-electron chi connectivity index (χ3n) is 4.59. The second-order valence-corrected chi connectivity index (χ2v) is 5.45. The van der Waals surface area contributed by atoms with Crippen molar-refractivity contribution in [2.75, 3.05) is 13.3 Å². The highest BCUT2D eigenvalue weighted by Crippen LogP contribution is 2.70. The summed E-state index contributed by atoms with van der Waals surface area (Å²) in [6, 6.07) is 8.31. The summed E-state index contributed by atoms with van der Waals surface area (Å²) in [4.78, 5) is 0. The van der Waals surface area contributed by atoms with Gasteiger partial charge in [-0.05, 0) is 50.3 Å². The molecule has 0 aromatic heterocycles. The predicted molar refractivity (Wildman–Crippen MR) is 66.2 cm³/mol. The molecule has 1 aromatic rings. The topological polar surface area (TPSA) is 9.23 Å².